The molecule has 0 aliphatic heterocycles. The van der Waals surface area contributed by atoms with Crippen molar-refractivity contribution in [3.8, 4) is 5.69 Å². The van der Waals surface area contributed by atoms with Crippen molar-refractivity contribution in [3.05, 3.63) is 48.3 Å². The molecule has 24 heavy (non-hydrogen) atoms. The van der Waals surface area contributed by atoms with E-state index in [1.54, 1.807) is 6.20 Å². The van der Waals surface area contributed by atoms with Gasteiger partial charge in [-0.25, -0.2) is 9.37 Å². The molecule has 5 nitrogen and oxygen atoms in total. The van der Waals surface area contributed by atoms with Gasteiger partial charge in [0.05, 0.1) is 12.0 Å². The van der Waals surface area contributed by atoms with E-state index in [9.17, 15) is 23.1 Å². The van der Waals surface area contributed by atoms with Crippen molar-refractivity contribution in [1.29, 1.82) is 0 Å². The molecule has 1 aromatic carbocycles. The topological polar surface area (TPSA) is 67.2 Å². The molecule has 8 heteroatoms. The van der Waals surface area contributed by atoms with Gasteiger partial charge in [0.25, 0.3) is 5.91 Å². The van der Waals surface area contributed by atoms with Crippen molar-refractivity contribution >= 4 is 5.91 Å². The number of rotatable bonds is 5. The first kappa shape index (κ1) is 16.5. The van der Waals surface area contributed by atoms with E-state index in [1.807, 2.05) is 0 Å². The van der Waals surface area contributed by atoms with Gasteiger partial charge >= 0.3 is 5.92 Å². The zero-order valence-electron chi connectivity index (χ0n) is 12.7. The number of hydrogen-bond acceptors (Lipinski definition) is 3. The number of carbonyl (C=O) groups excluding carboxylic acids is 1. The molecule has 2 N–H and O–H groups in total. The van der Waals surface area contributed by atoms with Gasteiger partial charge in [-0.2, -0.15) is 8.78 Å². The van der Waals surface area contributed by atoms with E-state index < -0.39 is 23.2 Å². The van der Waals surface area contributed by atoms with Crippen molar-refractivity contribution in [2.75, 3.05) is 0 Å². The lowest BCUT2D eigenvalue weighted by Gasteiger charge is -2.41. The Morgan fingerprint density at radius 1 is 1.42 bits per heavy atom. The SMILES string of the molecule is O=C(NCc1ccc(-n2ccnc2)c(F)c1)C(F)(F)C1(O)CCC1. The highest BCUT2D eigenvalue weighted by Crippen LogP contribution is 2.44. The Balaban J connectivity index is 1.67. The molecule has 1 aliphatic carbocycles. The summed E-state index contributed by atoms with van der Waals surface area (Å²) in [7, 11) is 0. The number of amides is 1. The molecular formula is C16H16F3N3O2. The third-order valence-corrected chi connectivity index (χ3v) is 4.30. The van der Waals surface area contributed by atoms with E-state index in [-0.39, 0.29) is 25.1 Å². The third-order valence-electron chi connectivity index (χ3n) is 4.30. The van der Waals surface area contributed by atoms with E-state index in [1.165, 1.54) is 29.2 Å². The van der Waals surface area contributed by atoms with E-state index in [0.29, 0.717) is 12.0 Å². The highest BCUT2D eigenvalue weighted by molar-refractivity contribution is 5.85. The summed E-state index contributed by atoms with van der Waals surface area (Å²) in [6.07, 6.45) is 4.74. The minimum Gasteiger partial charge on any atom is -0.383 e. The second-order valence-electron chi connectivity index (χ2n) is 5.90. The lowest BCUT2D eigenvalue weighted by atomic mass is 9.75. The molecule has 1 saturated carbocycles. The molecule has 0 atom stereocenters. The maximum atomic E-state index is 14.1. The second kappa shape index (κ2) is 5.94. The summed E-state index contributed by atoms with van der Waals surface area (Å²) in [5, 5.41) is 11.8. The van der Waals surface area contributed by atoms with Crippen LogP contribution < -0.4 is 5.32 Å². The van der Waals surface area contributed by atoms with Crippen LogP contribution in [0.25, 0.3) is 5.69 Å². The molecule has 0 radical (unpaired) electrons. The van der Waals surface area contributed by atoms with Crippen LogP contribution in [0.15, 0.2) is 36.9 Å². The first-order valence-corrected chi connectivity index (χ1v) is 7.49. The maximum Gasteiger partial charge on any atom is 0.352 e. The van der Waals surface area contributed by atoms with Crippen LogP contribution in [0.5, 0.6) is 0 Å². The van der Waals surface area contributed by atoms with Crippen LogP contribution in [-0.4, -0.2) is 32.1 Å². The Kier molecular flexibility index (Phi) is 4.08. The zero-order chi connectivity index (χ0) is 17.4. The zero-order valence-corrected chi connectivity index (χ0v) is 12.7. The summed E-state index contributed by atoms with van der Waals surface area (Å²) in [4.78, 5) is 15.5. The molecule has 3 rings (SSSR count). The molecule has 1 aliphatic rings. The lowest BCUT2D eigenvalue weighted by Crippen LogP contribution is -2.60. The van der Waals surface area contributed by atoms with Crippen LogP contribution in [0.4, 0.5) is 13.2 Å². The molecule has 128 valence electrons. The number of carbonyl (C=O) groups is 1. The Morgan fingerprint density at radius 2 is 2.17 bits per heavy atom. The molecule has 1 aromatic heterocycles. The van der Waals surface area contributed by atoms with Gasteiger partial charge in [0, 0.05) is 18.9 Å². The van der Waals surface area contributed by atoms with Gasteiger partial charge in [-0.05, 0) is 37.0 Å². The molecule has 0 unspecified atom stereocenters. The molecule has 0 bridgehead atoms. The van der Waals surface area contributed by atoms with Crippen molar-refractivity contribution in [2.24, 2.45) is 0 Å². The standard InChI is InChI=1S/C16H16F3N3O2/c17-12-8-11(2-3-13(12)22-7-6-20-10-22)9-21-14(23)16(18,19)15(24)4-1-5-15/h2-3,6-8,10,24H,1,4-5,9H2,(H,21,23). The van der Waals surface area contributed by atoms with E-state index in [4.69, 9.17) is 0 Å². The van der Waals surface area contributed by atoms with Gasteiger partial charge in [0.1, 0.15) is 11.4 Å². The maximum absolute atomic E-state index is 14.1. The van der Waals surface area contributed by atoms with E-state index >= 15 is 0 Å². The van der Waals surface area contributed by atoms with Crippen LogP contribution in [0.3, 0.4) is 0 Å². The highest BCUT2D eigenvalue weighted by Gasteiger charge is 2.61. The molecule has 1 heterocycles. The van der Waals surface area contributed by atoms with Crippen molar-refractivity contribution in [3.63, 3.8) is 0 Å². The van der Waals surface area contributed by atoms with Crippen LogP contribution in [0.2, 0.25) is 0 Å². The number of aromatic nitrogens is 2. The summed E-state index contributed by atoms with van der Waals surface area (Å²) in [6.45, 7) is -0.258. The number of benzene rings is 1. The van der Waals surface area contributed by atoms with E-state index in [2.05, 4.69) is 10.3 Å². The molecule has 0 saturated heterocycles. The largest absolute Gasteiger partial charge is 0.383 e. The fraction of sp³-hybridized carbons (Fsp3) is 0.375. The predicted molar refractivity (Wildman–Crippen MR) is 79.1 cm³/mol. The monoisotopic (exact) mass is 339 g/mol. The number of halogens is 3. The molecular weight excluding hydrogens is 323 g/mol. The number of imidazole rings is 1. The van der Waals surface area contributed by atoms with Gasteiger partial charge in [-0.15, -0.1) is 0 Å². The van der Waals surface area contributed by atoms with Crippen LogP contribution in [-0.2, 0) is 11.3 Å². The Labute approximate surface area is 136 Å². The highest BCUT2D eigenvalue weighted by atomic mass is 19.3. The molecule has 1 amide bonds. The van der Waals surface area contributed by atoms with Crippen LogP contribution >= 0.6 is 0 Å². The first-order valence-electron chi connectivity index (χ1n) is 7.49. The van der Waals surface area contributed by atoms with Gasteiger partial charge in [0.2, 0.25) is 0 Å². The summed E-state index contributed by atoms with van der Waals surface area (Å²) >= 11 is 0. The number of aliphatic hydroxyl groups is 1. The summed E-state index contributed by atoms with van der Waals surface area (Å²) in [5.74, 6) is -5.98. The minimum absolute atomic E-state index is 0.109. The van der Waals surface area contributed by atoms with Gasteiger partial charge < -0.3 is 15.0 Å². The normalized spacial score (nSPS) is 16.5. The number of hydrogen-bond donors (Lipinski definition) is 2. The second-order valence-corrected chi connectivity index (χ2v) is 5.90. The van der Waals surface area contributed by atoms with Crippen molar-refractivity contribution in [2.45, 2.75) is 37.3 Å². The van der Waals surface area contributed by atoms with Gasteiger partial charge in [0.15, 0.2) is 0 Å². The lowest BCUT2D eigenvalue weighted by molar-refractivity contribution is -0.216. The average Bonchev–Trinajstić information content (AvgIpc) is 3.04. The smallest absolute Gasteiger partial charge is 0.352 e. The average molecular weight is 339 g/mol. The van der Waals surface area contributed by atoms with Crippen LogP contribution in [0.1, 0.15) is 24.8 Å². The third kappa shape index (κ3) is 2.77. The fourth-order valence-electron chi connectivity index (χ4n) is 2.60. The van der Waals surface area contributed by atoms with Crippen LogP contribution in [0, 0.1) is 5.82 Å². The fourth-order valence-corrected chi connectivity index (χ4v) is 2.60. The summed E-state index contributed by atoms with van der Waals surface area (Å²) < 4.78 is 43.4. The quantitative estimate of drug-likeness (QED) is 0.877. The molecule has 0 spiro atoms. The Bertz CT molecular complexity index is 743. The molecule has 2 aromatic rings. The number of nitrogens with one attached hydrogen (secondary N) is 1. The van der Waals surface area contributed by atoms with Gasteiger partial charge in [-0.3, -0.25) is 4.79 Å². The molecule has 1 fully saturated rings. The number of nitrogens with zero attached hydrogens (tertiary/aromatic N) is 2. The Morgan fingerprint density at radius 3 is 2.71 bits per heavy atom. The van der Waals surface area contributed by atoms with E-state index in [0.717, 1.165) is 6.07 Å². The minimum atomic E-state index is -3.86. The predicted octanol–water partition coefficient (Wildman–Crippen LogP) is 2.18. The number of alkyl halides is 2. The summed E-state index contributed by atoms with van der Waals surface area (Å²) in [5.41, 5.74) is -1.68. The van der Waals surface area contributed by atoms with Crippen molar-refractivity contribution < 1.29 is 23.1 Å². The first-order chi connectivity index (χ1) is 11.3. The summed E-state index contributed by atoms with van der Waals surface area (Å²) in [6, 6.07) is 4.15. The van der Waals surface area contributed by atoms with Gasteiger partial charge in [-0.1, -0.05) is 6.07 Å². The Hall–Kier alpha value is -2.35. The van der Waals surface area contributed by atoms with Crippen molar-refractivity contribution in [1.82, 2.24) is 14.9 Å².